The topological polar surface area (TPSA) is 69.1 Å². The minimum Gasteiger partial charge on any atom is -0.369 e. The van der Waals surface area contributed by atoms with Crippen LogP contribution in [0.4, 0.5) is 0 Å². The molecule has 11 heteroatoms. The Hall–Kier alpha value is -0.831. The predicted molar refractivity (Wildman–Crippen MR) is 111 cm³/mol. The first kappa shape index (κ1) is 17.2. The molecular weight excluding hydrogens is 239 g/mol. The Bertz CT molecular complexity index is 557. The molecule has 0 spiro atoms. The van der Waals surface area contributed by atoms with Gasteiger partial charge in [-0.15, -0.1) is 16.4 Å². The standard InChI is InChI=1S/C9H20B8N2O/c10-2-1(3(11)5(13)6(14)4(2)12)8(15,16)9(17,19)7(18)20/h10-17,19H2,(H2,18,20)/t9-/m1/s1. The van der Waals surface area contributed by atoms with Gasteiger partial charge in [0.2, 0.25) is 5.91 Å². The number of hydrogen-bond acceptors (Lipinski definition) is 2. The highest BCUT2D eigenvalue weighted by molar-refractivity contribution is 6.68. The van der Waals surface area contributed by atoms with E-state index in [-0.39, 0.29) is 0 Å². The number of amides is 1. The van der Waals surface area contributed by atoms with E-state index in [1.165, 1.54) is 27.3 Å². The molecule has 3 nitrogen and oxygen atoms in total. The van der Waals surface area contributed by atoms with Gasteiger partial charge in [-0.25, -0.2) is 0 Å². The van der Waals surface area contributed by atoms with Crippen molar-refractivity contribution in [3.63, 3.8) is 0 Å². The van der Waals surface area contributed by atoms with Crippen molar-refractivity contribution in [2.45, 2.75) is 10.7 Å². The molecule has 0 radical (unpaired) electrons. The summed E-state index contributed by atoms with van der Waals surface area (Å²) in [5.74, 6) is -0.475. The molecule has 0 heterocycles. The third kappa shape index (κ3) is 2.30. The van der Waals surface area contributed by atoms with Crippen LogP contribution < -0.4 is 38.8 Å². The zero-order valence-electron chi connectivity index (χ0n) is 14.1. The van der Waals surface area contributed by atoms with Crippen molar-refractivity contribution in [2.24, 2.45) is 11.5 Å². The van der Waals surface area contributed by atoms with Crippen LogP contribution in [0.15, 0.2) is 0 Å². The van der Waals surface area contributed by atoms with E-state index >= 15 is 0 Å². The molecular formula is C9H20B8N2O. The molecule has 0 aromatic heterocycles. The molecule has 1 rings (SSSR count). The molecule has 1 atom stereocenters. The zero-order chi connectivity index (χ0) is 16.0. The third-order valence-corrected chi connectivity index (χ3v) is 5.44. The van der Waals surface area contributed by atoms with Crippen molar-refractivity contribution in [1.29, 1.82) is 0 Å². The molecule has 0 saturated heterocycles. The van der Waals surface area contributed by atoms with E-state index in [9.17, 15) is 4.79 Å². The van der Waals surface area contributed by atoms with E-state index in [0.717, 1.165) is 5.56 Å². The molecule has 4 N–H and O–H groups in total. The van der Waals surface area contributed by atoms with Crippen molar-refractivity contribution in [1.82, 2.24) is 0 Å². The van der Waals surface area contributed by atoms with E-state index in [1.54, 1.807) is 7.85 Å². The summed E-state index contributed by atoms with van der Waals surface area (Å²) in [4.78, 5) is 11.8. The third-order valence-electron chi connectivity index (χ3n) is 5.44. The van der Waals surface area contributed by atoms with Crippen molar-refractivity contribution < 1.29 is 4.79 Å². The van der Waals surface area contributed by atoms with Gasteiger partial charge in [-0.3, -0.25) is 4.79 Å². The number of carbonyl (C=O) groups is 1. The minimum absolute atomic E-state index is 0.475. The molecule has 96 valence electrons. The zero-order valence-corrected chi connectivity index (χ0v) is 14.1. The second-order valence-corrected chi connectivity index (χ2v) is 6.69. The highest BCUT2D eigenvalue weighted by Gasteiger charge is 2.44. The Morgan fingerprint density at radius 1 is 0.800 bits per heavy atom. The first-order valence-corrected chi connectivity index (χ1v) is 7.03. The second-order valence-electron chi connectivity index (χ2n) is 6.69. The Morgan fingerprint density at radius 3 is 1.40 bits per heavy atom. The number of carbonyl (C=O) groups excluding carboxylic acids is 1. The summed E-state index contributed by atoms with van der Waals surface area (Å²) >= 11 is 0. The van der Waals surface area contributed by atoms with Crippen LogP contribution in [-0.2, 0) is 10.0 Å². The van der Waals surface area contributed by atoms with Crippen molar-refractivity contribution in [3.05, 3.63) is 5.56 Å². The van der Waals surface area contributed by atoms with Crippen LogP contribution in [0.3, 0.4) is 0 Å². The largest absolute Gasteiger partial charge is 0.369 e. The summed E-state index contributed by atoms with van der Waals surface area (Å²) in [5.41, 5.74) is 18.1. The summed E-state index contributed by atoms with van der Waals surface area (Å²) in [6.45, 7) is 0. The van der Waals surface area contributed by atoms with E-state index in [0.29, 0.717) is 0 Å². The van der Waals surface area contributed by atoms with Gasteiger partial charge in [0, 0.05) is 0 Å². The highest BCUT2D eigenvalue weighted by Crippen LogP contribution is 2.22. The number of primary amides is 1. The normalized spacial score (nSPS) is 14.7. The van der Waals surface area contributed by atoms with Crippen LogP contribution in [0.2, 0.25) is 0 Å². The Balaban J connectivity index is 3.76. The molecule has 0 fully saturated rings. The van der Waals surface area contributed by atoms with Crippen LogP contribution in [-0.4, -0.2) is 74.1 Å². The monoisotopic (exact) mass is 260 g/mol. The maximum absolute atomic E-state index is 11.8. The van der Waals surface area contributed by atoms with E-state index in [2.05, 4.69) is 39.2 Å². The Morgan fingerprint density at radius 2 is 1.10 bits per heavy atom. The molecule has 0 aliphatic rings. The number of hydrogen-bond donors (Lipinski definition) is 2. The SMILES string of the molecule is Bc1c(B)c(B)c(C(B)(B)[C@](B)(N)C(N)=O)c(B)c1B. The predicted octanol–water partition coefficient (Wildman–Crippen LogP) is -11.8. The average Bonchev–Trinajstić information content (AvgIpc) is 2.33. The lowest BCUT2D eigenvalue weighted by atomic mass is 9.34. The molecule has 1 aromatic carbocycles. The smallest absolute Gasteiger partial charge is 0.228 e. The molecule has 0 aliphatic carbocycles. The average molecular weight is 259 g/mol. The maximum Gasteiger partial charge on any atom is 0.228 e. The fourth-order valence-corrected chi connectivity index (χ4v) is 3.01. The molecule has 0 aliphatic heterocycles. The number of nitrogens with two attached hydrogens (primary N) is 2. The number of rotatable bonds is 3. The maximum atomic E-state index is 11.8. The van der Waals surface area contributed by atoms with Crippen LogP contribution in [0.1, 0.15) is 5.56 Å². The molecule has 20 heavy (non-hydrogen) atoms. The van der Waals surface area contributed by atoms with Crippen LogP contribution in [0.25, 0.3) is 0 Å². The Kier molecular flexibility index (Phi) is 4.46. The molecule has 0 bridgehead atoms. The van der Waals surface area contributed by atoms with Gasteiger partial charge in [-0.2, -0.15) is 0 Å². The molecule has 0 unspecified atom stereocenters. The molecule has 0 saturated carbocycles. The van der Waals surface area contributed by atoms with Gasteiger partial charge in [0.05, 0.1) is 5.44 Å². The summed E-state index contributed by atoms with van der Waals surface area (Å²) < 4.78 is 0. The van der Waals surface area contributed by atoms with Crippen molar-refractivity contribution >= 4 is 96.0 Å². The first-order chi connectivity index (χ1) is 8.87. The lowest BCUT2D eigenvalue weighted by Crippen LogP contribution is -2.71. The lowest BCUT2D eigenvalue weighted by molar-refractivity contribution is -0.120. The summed E-state index contributed by atoms with van der Waals surface area (Å²) in [7, 11) is 16.3. The van der Waals surface area contributed by atoms with E-state index in [4.69, 9.17) is 11.5 Å². The van der Waals surface area contributed by atoms with Gasteiger partial charge in [0.15, 0.2) is 0 Å². The van der Waals surface area contributed by atoms with Crippen LogP contribution in [0, 0.1) is 0 Å². The lowest BCUT2D eigenvalue weighted by Gasteiger charge is -2.43. The van der Waals surface area contributed by atoms with E-state index in [1.807, 2.05) is 15.7 Å². The highest BCUT2D eigenvalue weighted by atomic mass is 16.1. The van der Waals surface area contributed by atoms with Gasteiger partial charge in [0.1, 0.15) is 62.8 Å². The summed E-state index contributed by atoms with van der Waals surface area (Å²) in [6, 6.07) is 0. The van der Waals surface area contributed by atoms with Crippen molar-refractivity contribution in [3.8, 4) is 0 Å². The van der Waals surface area contributed by atoms with Crippen LogP contribution in [0.5, 0.6) is 0 Å². The molecule has 1 aromatic rings. The fraction of sp³-hybridized carbons (Fsp3) is 0.222. The van der Waals surface area contributed by atoms with Crippen LogP contribution >= 0.6 is 0 Å². The van der Waals surface area contributed by atoms with Gasteiger partial charge < -0.3 is 11.5 Å². The fourth-order valence-electron chi connectivity index (χ4n) is 3.01. The van der Waals surface area contributed by atoms with Gasteiger partial charge in [-0.1, -0.05) is 16.5 Å². The molecule has 1 amide bonds. The Labute approximate surface area is 129 Å². The van der Waals surface area contributed by atoms with Gasteiger partial charge in [-0.05, 0) is 5.21 Å². The quantitative estimate of drug-likeness (QED) is 0.529. The second kappa shape index (κ2) is 5.18. The summed E-state index contributed by atoms with van der Waals surface area (Å²) in [5, 5.41) is -0.532. The first-order valence-electron chi connectivity index (χ1n) is 7.03. The summed E-state index contributed by atoms with van der Waals surface area (Å²) in [6.07, 6.45) is 0. The minimum atomic E-state index is -1.10. The number of benzene rings is 1. The van der Waals surface area contributed by atoms with Gasteiger partial charge in [0.25, 0.3) is 0 Å². The van der Waals surface area contributed by atoms with Crippen molar-refractivity contribution in [2.75, 3.05) is 0 Å². The van der Waals surface area contributed by atoms with E-state index < -0.39 is 16.6 Å². The van der Waals surface area contributed by atoms with Gasteiger partial charge >= 0.3 is 0 Å².